The predicted octanol–water partition coefficient (Wildman–Crippen LogP) is 4.26. The van der Waals surface area contributed by atoms with Crippen molar-refractivity contribution >= 4 is 15.9 Å². The first kappa shape index (κ1) is 16.8. The molecule has 120 valence electrons. The third kappa shape index (κ3) is 6.85. The van der Waals surface area contributed by atoms with E-state index in [0.29, 0.717) is 6.61 Å². The quantitative estimate of drug-likeness (QED) is 0.454. The van der Waals surface area contributed by atoms with Crippen molar-refractivity contribution in [3.63, 3.8) is 0 Å². The van der Waals surface area contributed by atoms with Crippen LogP contribution in [0.25, 0.3) is 0 Å². The molecule has 4 nitrogen and oxygen atoms in total. The molecule has 0 amide bonds. The summed E-state index contributed by atoms with van der Waals surface area (Å²) >= 11 is 3.43. The number of halogens is 1. The van der Waals surface area contributed by atoms with Gasteiger partial charge in [0.15, 0.2) is 6.29 Å². The molecule has 0 N–H and O–H groups in total. The Labute approximate surface area is 135 Å². The molecule has 1 fully saturated rings. The van der Waals surface area contributed by atoms with Crippen molar-refractivity contribution in [3.05, 3.63) is 23.9 Å². The second kappa shape index (κ2) is 10.2. The van der Waals surface area contributed by atoms with Crippen LogP contribution in [0.15, 0.2) is 23.9 Å². The lowest BCUT2D eigenvalue weighted by molar-refractivity contribution is -0.160. The molecular formula is C16H25BrO4. The zero-order valence-corrected chi connectivity index (χ0v) is 14.1. The van der Waals surface area contributed by atoms with Crippen molar-refractivity contribution in [1.82, 2.24) is 0 Å². The lowest BCUT2D eigenvalue weighted by Crippen LogP contribution is -2.23. The van der Waals surface area contributed by atoms with Crippen LogP contribution in [0.4, 0.5) is 0 Å². The van der Waals surface area contributed by atoms with Gasteiger partial charge in [-0.05, 0) is 44.6 Å². The van der Waals surface area contributed by atoms with Crippen LogP contribution in [0.2, 0.25) is 0 Å². The molecule has 0 aliphatic carbocycles. The fraction of sp³-hybridized carbons (Fsp3) is 0.750. The summed E-state index contributed by atoms with van der Waals surface area (Å²) in [7, 11) is 0. The average molecular weight is 361 g/mol. The Kier molecular flexibility index (Phi) is 8.22. The van der Waals surface area contributed by atoms with E-state index in [2.05, 4.69) is 15.9 Å². The molecule has 1 unspecified atom stereocenters. The van der Waals surface area contributed by atoms with Gasteiger partial charge in [-0.25, -0.2) is 0 Å². The third-order valence-corrected chi connectivity index (χ3v) is 4.05. The first-order valence-electron chi connectivity index (χ1n) is 7.85. The summed E-state index contributed by atoms with van der Waals surface area (Å²) in [6, 6.07) is 0. The van der Waals surface area contributed by atoms with Gasteiger partial charge in [0.25, 0.3) is 0 Å². The molecule has 2 aliphatic rings. The minimum Gasteiger partial charge on any atom is -0.494 e. The summed E-state index contributed by atoms with van der Waals surface area (Å²) in [5, 5.41) is 1.07. The Hall–Kier alpha value is -0.520. The topological polar surface area (TPSA) is 36.9 Å². The van der Waals surface area contributed by atoms with Gasteiger partial charge in [-0.3, -0.25) is 0 Å². The van der Waals surface area contributed by atoms with Crippen molar-refractivity contribution in [1.29, 1.82) is 0 Å². The molecule has 1 saturated heterocycles. The van der Waals surface area contributed by atoms with Gasteiger partial charge in [-0.1, -0.05) is 15.9 Å². The van der Waals surface area contributed by atoms with Gasteiger partial charge >= 0.3 is 0 Å². The first-order chi connectivity index (χ1) is 10.4. The Morgan fingerprint density at radius 3 is 2.90 bits per heavy atom. The Morgan fingerprint density at radius 1 is 1.24 bits per heavy atom. The summed E-state index contributed by atoms with van der Waals surface area (Å²) in [6.45, 7) is 2.04. The zero-order chi connectivity index (χ0) is 14.8. The summed E-state index contributed by atoms with van der Waals surface area (Å²) in [6.07, 6.45) is 11.2. The lowest BCUT2D eigenvalue weighted by atomic mass is 10.2. The van der Waals surface area contributed by atoms with Crippen LogP contribution in [0.3, 0.4) is 0 Å². The van der Waals surface area contributed by atoms with Gasteiger partial charge in [0, 0.05) is 18.4 Å². The van der Waals surface area contributed by atoms with Crippen molar-refractivity contribution in [3.8, 4) is 0 Å². The molecule has 2 rings (SSSR count). The maximum Gasteiger partial charge on any atom is 0.158 e. The van der Waals surface area contributed by atoms with Gasteiger partial charge in [0.1, 0.15) is 24.4 Å². The second-order valence-corrected chi connectivity index (χ2v) is 6.07. The summed E-state index contributed by atoms with van der Waals surface area (Å²) < 4.78 is 22.4. The molecule has 0 saturated carbocycles. The van der Waals surface area contributed by atoms with Crippen molar-refractivity contribution in [2.75, 3.05) is 25.2 Å². The normalized spacial score (nSPS) is 22.2. The molecule has 0 bridgehead atoms. The van der Waals surface area contributed by atoms with E-state index in [0.717, 1.165) is 55.7 Å². The Balaban J connectivity index is 1.55. The molecule has 0 aromatic heterocycles. The molecule has 2 heterocycles. The smallest absolute Gasteiger partial charge is 0.158 e. The average Bonchev–Trinajstić information content (AvgIpc) is 2.55. The zero-order valence-electron chi connectivity index (χ0n) is 12.5. The van der Waals surface area contributed by atoms with Crippen LogP contribution >= 0.6 is 15.9 Å². The maximum atomic E-state index is 5.69. The van der Waals surface area contributed by atoms with Crippen LogP contribution in [0.5, 0.6) is 0 Å². The molecule has 0 aromatic carbocycles. The van der Waals surface area contributed by atoms with Gasteiger partial charge < -0.3 is 18.9 Å². The molecular weight excluding hydrogens is 336 g/mol. The number of allylic oxidation sites excluding steroid dienone is 1. The standard InChI is InChI=1S/C16H25BrO4/c17-9-3-1-4-10-18-14-7-8-15(20-12-14)13-21-16-6-2-5-11-19-16/h8,12,16H,1-7,9-11,13H2. The van der Waals surface area contributed by atoms with Crippen molar-refractivity contribution in [2.24, 2.45) is 0 Å². The van der Waals surface area contributed by atoms with Gasteiger partial charge in [0.05, 0.1) is 6.61 Å². The number of unbranched alkanes of at least 4 members (excludes halogenated alkanes) is 2. The number of ether oxygens (including phenoxy) is 4. The van der Waals surface area contributed by atoms with E-state index in [9.17, 15) is 0 Å². The SMILES string of the molecule is BrCCCCCOC1=COC(COC2CCCCO2)=CC1. The van der Waals surface area contributed by atoms with E-state index >= 15 is 0 Å². The van der Waals surface area contributed by atoms with Crippen LogP contribution in [0, 0.1) is 0 Å². The third-order valence-electron chi connectivity index (χ3n) is 3.49. The highest BCUT2D eigenvalue weighted by Crippen LogP contribution is 2.19. The maximum absolute atomic E-state index is 5.69. The molecule has 2 aliphatic heterocycles. The highest BCUT2D eigenvalue weighted by Gasteiger charge is 2.16. The molecule has 5 heteroatoms. The van der Waals surface area contributed by atoms with E-state index in [-0.39, 0.29) is 6.29 Å². The van der Waals surface area contributed by atoms with E-state index < -0.39 is 0 Å². The highest BCUT2D eigenvalue weighted by molar-refractivity contribution is 9.09. The van der Waals surface area contributed by atoms with E-state index in [4.69, 9.17) is 18.9 Å². The largest absolute Gasteiger partial charge is 0.494 e. The number of rotatable bonds is 9. The molecule has 0 aromatic rings. The van der Waals surface area contributed by atoms with Gasteiger partial charge in [-0.15, -0.1) is 0 Å². The highest BCUT2D eigenvalue weighted by atomic mass is 79.9. The summed E-state index contributed by atoms with van der Waals surface area (Å²) in [4.78, 5) is 0. The summed E-state index contributed by atoms with van der Waals surface area (Å²) in [5.41, 5.74) is 0. The summed E-state index contributed by atoms with van der Waals surface area (Å²) in [5.74, 6) is 1.74. The predicted molar refractivity (Wildman–Crippen MR) is 85.0 cm³/mol. The van der Waals surface area contributed by atoms with E-state index in [1.54, 1.807) is 6.26 Å². The Morgan fingerprint density at radius 2 is 2.19 bits per heavy atom. The van der Waals surface area contributed by atoms with Crippen LogP contribution < -0.4 is 0 Å². The number of hydrogen-bond donors (Lipinski definition) is 0. The fourth-order valence-electron chi connectivity index (χ4n) is 2.23. The lowest BCUT2D eigenvalue weighted by Gasteiger charge is -2.23. The molecule has 21 heavy (non-hydrogen) atoms. The molecule has 0 spiro atoms. The van der Waals surface area contributed by atoms with Gasteiger partial charge in [-0.2, -0.15) is 0 Å². The van der Waals surface area contributed by atoms with Crippen molar-refractivity contribution < 1.29 is 18.9 Å². The Bertz CT molecular complexity index is 348. The van der Waals surface area contributed by atoms with E-state index in [1.807, 2.05) is 6.08 Å². The minimum absolute atomic E-state index is 0.0701. The molecule has 0 radical (unpaired) electrons. The van der Waals surface area contributed by atoms with Crippen molar-refractivity contribution in [2.45, 2.75) is 51.2 Å². The monoisotopic (exact) mass is 360 g/mol. The second-order valence-electron chi connectivity index (χ2n) is 5.28. The first-order valence-corrected chi connectivity index (χ1v) is 8.97. The fourth-order valence-corrected chi connectivity index (χ4v) is 2.63. The molecule has 1 atom stereocenters. The van der Waals surface area contributed by atoms with Crippen LogP contribution in [-0.2, 0) is 18.9 Å². The van der Waals surface area contributed by atoms with Crippen LogP contribution in [0.1, 0.15) is 44.9 Å². The minimum atomic E-state index is -0.0701. The van der Waals surface area contributed by atoms with Gasteiger partial charge in [0.2, 0.25) is 0 Å². The number of hydrogen-bond acceptors (Lipinski definition) is 4. The van der Waals surface area contributed by atoms with E-state index in [1.165, 1.54) is 19.3 Å². The van der Waals surface area contributed by atoms with Crippen LogP contribution in [-0.4, -0.2) is 31.4 Å². The number of alkyl halides is 1.